The summed E-state index contributed by atoms with van der Waals surface area (Å²) in [5, 5.41) is 5.09. The highest BCUT2D eigenvalue weighted by Gasteiger charge is 2.29. The van der Waals surface area contributed by atoms with Gasteiger partial charge in [-0.3, -0.25) is 4.90 Å². The van der Waals surface area contributed by atoms with Crippen molar-refractivity contribution in [3.8, 4) is 0 Å². The molecule has 22 heavy (non-hydrogen) atoms. The Bertz CT molecular complexity index is 562. The molecule has 0 spiro atoms. The SMILES string of the molecule is C[C@H]1CN(Cc2ccccc2)CC[C@@H]1N(C)CCS(N)(=O)=O. The summed E-state index contributed by atoms with van der Waals surface area (Å²) in [6.07, 6.45) is 1.06. The van der Waals surface area contributed by atoms with Gasteiger partial charge < -0.3 is 4.90 Å². The number of benzene rings is 1. The normalized spacial score (nSPS) is 23.8. The monoisotopic (exact) mass is 325 g/mol. The number of hydrogen-bond donors (Lipinski definition) is 1. The van der Waals surface area contributed by atoms with Crippen LogP contribution in [0.4, 0.5) is 0 Å². The molecule has 0 radical (unpaired) electrons. The van der Waals surface area contributed by atoms with E-state index >= 15 is 0 Å². The van der Waals surface area contributed by atoms with Crippen LogP contribution in [-0.4, -0.2) is 56.7 Å². The van der Waals surface area contributed by atoms with Crippen molar-refractivity contribution in [3.05, 3.63) is 35.9 Å². The molecule has 1 aliphatic rings. The average Bonchev–Trinajstić information content (AvgIpc) is 2.45. The molecule has 5 nitrogen and oxygen atoms in total. The van der Waals surface area contributed by atoms with E-state index < -0.39 is 10.0 Å². The van der Waals surface area contributed by atoms with Crippen molar-refractivity contribution in [2.75, 3.05) is 32.4 Å². The predicted octanol–water partition coefficient (Wildman–Crippen LogP) is 1.12. The third-order valence-corrected chi connectivity index (χ3v) is 5.24. The molecular weight excluding hydrogens is 298 g/mol. The number of sulfonamides is 1. The van der Waals surface area contributed by atoms with E-state index in [2.05, 4.69) is 41.0 Å². The van der Waals surface area contributed by atoms with Crippen LogP contribution in [0.1, 0.15) is 18.9 Å². The highest BCUT2D eigenvalue weighted by molar-refractivity contribution is 7.89. The van der Waals surface area contributed by atoms with Gasteiger partial charge in [0.1, 0.15) is 0 Å². The molecule has 2 rings (SSSR count). The minimum absolute atomic E-state index is 0.0282. The van der Waals surface area contributed by atoms with E-state index in [4.69, 9.17) is 5.14 Å². The van der Waals surface area contributed by atoms with Crippen molar-refractivity contribution in [3.63, 3.8) is 0 Å². The lowest BCUT2D eigenvalue weighted by Gasteiger charge is -2.41. The van der Waals surface area contributed by atoms with E-state index in [0.717, 1.165) is 26.1 Å². The Kier molecular flexibility index (Phi) is 5.97. The fourth-order valence-electron chi connectivity index (χ4n) is 3.30. The highest BCUT2D eigenvalue weighted by atomic mass is 32.2. The first-order valence-corrected chi connectivity index (χ1v) is 9.53. The van der Waals surface area contributed by atoms with E-state index in [-0.39, 0.29) is 5.75 Å². The van der Waals surface area contributed by atoms with Crippen LogP contribution in [-0.2, 0) is 16.6 Å². The van der Waals surface area contributed by atoms with Crippen molar-refractivity contribution in [1.82, 2.24) is 9.80 Å². The fourth-order valence-corrected chi connectivity index (χ4v) is 3.84. The van der Waals surface area contributed by atoms with Crippen molar-refractivity contribution < 1.29 is 8.42 Å². The molecule has 0 aromatic heterocycles. The minimum Gasteiger partial charge on any atom is -0.302 e. The number of nitrogens with zero attached hydrogens (tertiary/aromatic N) is 2. The quantitative estimate of drug-likeness (QED) is 0.851. The molecule has 0 aliphatic carbocycles. The number of hydrogen-bond acceptors (Lipinski definition) is 4. The van der Waals surface area contributed by atoms with Crippen LogP contribution in [0.5, 0.6) is 0 Å². The van der Waals surface area contributed by atoms with Crippen LogP contribution >= 0.6 is 0 Å². The molecule has 2 N–H and O–H groups in total. The van der Waals surface area contributed by atoms with Crippen LogP contribution in [0.3, 0.4) is 0 Å². The summed E-state index contributed by atoms with van der Waals surface area (Å²) >= 11 is 0. The van der Waals surface area contributed by atoms with Crippen LogP contribution < -0.4 is 5.14 Å². The van der Waals surface area contributed by atoms with Crippen molar-refractivity contribution in [2.45, 2.75) is 25.9 Å². The Labute approximate surface area is 134 Å². The molecule has 0 unspecified atom stereocenters. The van der Waals surface area contributed by atoms with Gasteiger partial charge in [0, 0.05) is 25.7 Å². The Morgan fingerprint density at radius 2 is 2.00 bits per heavy atom. The number of nitrogens with two attached hydrogens (primary N) is 1. The van der Waals surface area contributed by atoms with Crippen LogP contribution in [0.25, 0.3) is 0 Å². The second kappa shape index (κ2) is 7.55. The minimum atomic E-state index is -3.38. The zero-order valence-electron chi connectivity index (χ0n) is 13.5. The maximum absolute atomic E-state index is 11.1. The Balaban J connectivity index is 1.84. The summed E-state index contributed by atoms with van der Waals surface area (Å²) in [5.74, 6) is 0.545. The average molecular weight is 325 g/mol. The molecular formula is C16H27N3O2S. The Morgan fingerprint density at radius 3 is 2.59 bits per heavy atom. The van der Waals surface area contributed by atoms with Gasteiger partial charge in [0.15, 0.2) is 0 Å². The highest BCUT2D eigenvalue weighted by Crippen LogP contribution is 2.22. The summed E-state index contributed by atoms with van der Waals surface area (Å²) in [5.41, 5.74) is 1.34. The molecule has 0 amide bonds. The van der Waals surface area contributed by atoms with E-state index in [1.165, 1.54) is 5.56 Å². The van der Waals surface area contributed by atoms with Gasteiger partial charge in [0.05, 0.1) is 5.75 Å². The van der Waals surface area contributed by atoms with E-state index in [1.807, 2.05) is 13.1 Å². The Morgan fingerprint density at radius 1 is 1.32 bits per heavy atom. The third-order valence-electron chi connectivity index (χ3n) is 4.49. The van der Waals surface area contributed by atoms with Gasteiger partial charge in [0.25, 0.3) is 0 Å². The molecule has 1 aliphatic heterocycles. The van der Waals surface area contributed by atoms with Crippen LogP contribution in [0.15, 0.2) is 30.3 Å². The second-order valence-electron chi connectivity index (χ2n) is 6.40. The van der Waals surface area contributed by atoms with E-state index in [0.29, 0.717) is 18.5 Å². The molecule has 6 heteroatoms. The summed E-state index contributed by atoms with van der Waals surface area (Å²) in [6, 6.07) is 10.9. The first-order valence-electron chi connectivity index (χ1n) is 7.82. The van der Waals surface area contributed by atoms with Gasteiger partial charge in [0.2, 0.25) is 10.0 Å². The molecule has 0 bridgehead atoms. The van der Waals surface area contributed by atoms with Gasteiger partial charge in [-0.2, -0.15) is 0 Å². The number of likely N-dealkylation sites (tertiary alicyclic amines) is 1. The number of piperidine rings is 1. The fraction of sp³-hybridized carbons (Fsp3) is 0.625. The lowest BCUT2D eigenvalue weighted by molar-refractivity contribution is 0.0793. The topological polar surface area (TPSA) is 66.6 Å². The first kappa shape index (κ1) is 17.4. The number of rotatable bonds is 6. The predicted molar refractivity (Wildman–Crippen MR) is 89.9 cm³/mol. The van der Waals surface area contributed by atoms with Gasteiger partial charge in [-0.15, -0.1) is 0 Å². The maximum atomic E-state index is 11.1. The summed E-state index contributed by atoms with van der Waals surface area (Å²) in [6.45, 7) is 5.82. The van der Waals surface area contributed by atoms with Crippen LogP contribution in [0.2, 0.25) is 0 Å². The summed E-state index contributed by atoms with van der Waals surface area (Å²) in [4.78, 5) is 4.62. The van der Waals surface area contributed by atoms with Gasteiger partial charge in [-0.05, 0) is 31.5 Å². The lowest BCUT2D eigenvalue weighted by Crippen LogP contribution is -2.49. The van der Waals surface area contributed by atoms with Crippen molar-refractivity contribution in [1.29, 1.82) is 0 Å². The zero-order chi connectivity index (χ0) is 16.2. The van der Waals surface area contributed by atoms with Gasteiger partial charge in [-0.1, -0.05) is 37.3 Å². The molecule has 1 saturated heterocycles. The standard InChI is InChI=1S/C16H27N3O2S/c1-14-12-19(13-15-6-4-3-5-7-15)9-8-16(14)18(2)10-11-22(17,20)21/h3-7,14,16H,8-13H2,1-2H3,(H2,17,20,21)/t14-,16-/m0/s1. The van der Waals surface area contributed by atoms with Gasteiger partial charge >= 0.3 is 0 Å². The first-order chi connectivity index (χ1) is 10.3. The summed E-state index contributed by atoms with van der Waals surface area (Å²) < 4.78 is 22.2. The maximum Gasteiger partial charge on any atom is 0.210 e. The van der Waals surface area contributed by atoms with E-state index in [1.54, 1.807) is 0 Å². The Hall–Kier alpha value is -0.950. The van der Waals surface area contributed by atoms with Crippen molar-refractivity contribution >= 4 is 10.0 Å². The summed E-state index contributed by atoms with van der Waals surface area (Å²) in [7, 11) is -1.38. The second-order valence-corrected chi connectivity index (χ2v) is 8.14. The smallest absolute Gasteiger partial charge is 0.210 e. The van der Waals surface area contributed by atoms with Crippen LogP contribution in [0, 0.1) is 5.92 Å². The van der Waals surface area contributed by atoms with Gasteiger partial charge in [-0.25, -0.2) is 13.6 Å². The number of primary sulfonamides is 1. The third kappa shape index (κ3) is 5.35. The zero-order valence-corrected chi connectivity index (χ0v) is 14.3. The molecule has 2 atom stereocenters. The van der Waals surface area contributed by atoms with E-state index in [9.17, 15) is 8.42 Å². The molecule has 1 heterocycles. The largest absolute Gasteiger partial charge is 0.302 e. The molecule has 124 valence electrons. The van der Waals surface area contributed by atoms with Crippen molar-refractivity contribution in [2.24, 2.45) is 11.1 Å². The molecule has 1 aromatic rings. The molecule has 0 saturated carbocycles. The lowest BCUT2D eigenvalue weighted by atomic mass is 9.92. The molecule has 1 fully saturated rings. The molecule has 1 aromatic carbocycles.